The Morgan fingerprint density at radius 2 is 1.62 bits per heavy atom. The summed E-state index contributed by atoms with van der Waals surface area (Å²) >= 11 is 5.18. The molecule has 0 saturated heterocycles. The van der Waals surface area contributed by atoms with Crippen LogP contribution < -0.4 is 10.6 Å². The highest BCUT2D eigenvalue weighted by atomic mass is 127. The fourth-order valence-electron chi connectivity index (χ4n) is 5.48. The second-order valence-electron chi connectivity index (χ2n) is 10.6. The average molecular weight is 652 g/mol. The lowest BCUT2D eigenvalue weighted by Crippen LogP contribution is -2.54. The van der Waals surface area contributed by atoms with Crippen LogP contribution in [0.1, 0.15) is 85.0 Å². The Morgan fingerprint density at radius 3 is 2.09 bits per heavy atom. The van der Waals surface area contributed by atoms with Crippen molar-refractivity contribution in [2.75, 3.05) is 5.32 Å². The van der Waals surface area contributed by atoms with E-state index in [1.807, 2.05) is 22.6 Å². The number of hydrogen-bond donors (Lipinski definition) is 2. The summed E-state index contributed by atoms with van der Waals surface area (Å²) in [5.74, 6) is -0.182. The van der Waals surface area contributed by atoms with E-state index < -0.39 is 23.7 Å². The van der Waals surface area contributed by atoms with Crippen LogP contribution in [-0.4, -0.2) is 28.6 Å². The van der Waals surface area contributed by atoms with Crippen LogP contribution >= 0.6 is 38.5 Å². The molecule has 2 N–H and O–H groups in total. The number of nitrogens with zero attached hydrogens (tertiary/aromatic N) is 1. The highest BCUT2D eigenvalue weighted by Gasteiger charge is 2.41. The standard InChI is InChI=1S/C25H36BrFIN3O3/c1-25(2,3)34-24(33)31-21(23(32)30-18-14-17(26)20(28)22(27)29-18)19(15-10-6-4-7-11-15)16-12-8-5-9-13-16/h14-16,19,21H,4-13H2,1-3H3,(H,31,33)(H,29,30,32)/t21-/m0/s1. The van der Waals surface area contributed by atoms with Crippen molar-refractivity contribution < 1.29 is 18.7 Å². The fourth-order valence-corrected chi connectivity index (χ4v) is 6.13. The first-order valence-corrected chi connectivity index (χ1v) is 14.2. The number of ether oxygens (including phenoxy) is 1. The molecule has 1 heterocycles. The molecule has 0 aromatic carbocycles. The van der Waals surface area contributed by atoms with Gasteiger partial charge in [0.15, 0.2) is 0 Å². The Bertz CT molecular complexity index is 826. The lowest BCUT2D eigenvalue weighted by molar-refractivity contribution is -0.121. The van der Waals surface area contributed by atoms with E-state index in [-0.39, 0.29) is 17.6 Å². The molecule has 2 saturated carbocycles. The second kappa shape index (κ2) is 12.3. The third-order valence-electron chi connectivity index (χ3n) is 6.85. The molecule has 1 aromatic rings. The third kappa shape index (κ3) is 7.77. The first kappa shape index (κ1) is 27.6. The van der Waals surface area contributed by atoms with E-state index in [1.54, 1.807) is 26.8 Å². The predicted molar refractivity (Wildman–Crippen MR) is 143 cm³/mol. The van der Waals surface area contributed by atoms with Gasteiger partial charge in [-0.15, -0.1) is 0 Å². The van der Waals surface area contributed by atoms with E-state index in [2.05, 4.69) is 31.5 Å². The van der Waals surface area contributed by atoms with Crippen LogP contribution in [0.15, 0.2) is 10.5 Å². The molecule has 2 fully saturated rings. The zero-order valence-electron chi connectivity index (χ0n) is 20.3. The molecule has 1 atom stereocenters. The van der Waals surface area contributed by atoms with Crippen LogP contribution in [-0.2, 0) is 9.53 Å². The Hall–Kier alpha value is -0.970. The summed E-state index contributed by atoms with van der Waals surface area (Å²) in [6.45, 7) is 5.41. The summed E-state index contributed by atoms with van der Waals surface area (Å²) in [6, 6.07) is 0.813. The van der Waals surface area contributed by atoms with Gasteiger partial charge in [0.05, 0.1) is 3.57 Å². The van der Waals surface area contributed by atoms with Gasteiger partial charge in [-0.2, -0.15) is 4.39 Å². The van der Waals surface area contributed by atoms with E-state index >= 15 is 0 Å². The van der Waals surface area contributed by atoms with Crippen LogP contribution in [0.25, 0.3) is 0 Å². The molecule has 0 unspecified atom stereocenters. The van der Waals surface area contributed by atoms with Crippen LogP contribution in [0.3, 0.4) is 0 Å². The molecule has 0 bridgehead atoms. The monoisotopic (exact) mass is 651 g/mol. The van der Waals surface area contributed by atoms with Crippen molar-refractivity contribution in [3.63, 3.8) is 0 Å². The van der Waals surface area contributed by atoms with E-state index in [4.69, 9.17) is 4.74 Å². The number of amides is 2. The van der Waals surface area contributed by atoms with Crippen molar-refractivity contribution in [1.82, 2.24) is 10.3 Å². The number of aromatic nitrogens is 1. The van der Waals surface area contributed by atoms with Gasteiger partial charge in [-0.25, -0.2) is 9.78 Å². The third-order valence-corrected chi connectivity index (χ3v) is 9.24. The summed E-state index contributed by atoms with van der Waals surface area (Å²) in [6.07, 6.45) is 10.6. The van der Waals surface area contributed by atoms with Gasteiger partial charge in [-0.3, -0.25) is 4.79 Å². The molecule has 1 aromatic heterocycles. The summed E-state index contributed by atoms with van der Waals surface area (Å²) < 4.78 is 20.6. The minimum absolute atomic E-state index is 0.00487. The van der Waals surface area contributed by atoms with E-state index in [0.29, 0.717) is 19.9 Å². The van der Waals surface area contributed by atoms with Gasteiger partial charge >= 0.3 is 6.09 Å². The van der Waals surface area contributed by atoms with Gasteiger partial charge in [0.25, 0.3) is 0 Å². The van der Waals surface area contributed by atoms with Crippen molar-refractivity contribution >= 4 is 56.3 Å². The molecule has 2 amide bonds. The number of anilines is 1. The first-order chi connectivity index (χ1) is 16.0. The molecule has 2 aliphatic carbocycles. The number of halogens is 3. The van der Waals surface area contributed by atoms with Crippen LogP contribution in [0.5, 0.6) is 0 Å². The molecule has 3 rings (SSSR count). The molecule has 2 aliphatic rings. The molecule has 6 nitrogen and oxygen atoms in total. The van der Waals surface area contributed by atoms with E-state index in [1.165, 1.54) is 12.8 Å². The predicted octanol–water partition coefficient (Wildman–Crippen LogP) is 7.20. The highest BCUT2D eigenvalue weighted by Crippen LogP contribution is 2.42. The van der Waals surface area contributed by atoms with Gasteiger partial charge in [-0.1, -0.05) is 64.2 Å². The van der Waals surface area contributed by atoms with Crippen molar-refractivity contribution in [3.05, 3.63) is 20.1 Å². The van der Waals surface area contributed by atoms with Crippen LogP contribution in [0.2, 0.25) is 0 Å². The van der Waals surface area contributed by atoms with E-state index in [0.717, 1.165) is 51.4 Å². The molecule has 0 radical (unpaired) electrons. The molecule has 9 heteroatoms. The largest absolute Gasteiger partial charge is 0.444 e. The summed E-state index contributed by atoms with van der Waals surface area (Å²) in [5.41, 5.74) is -0.679. The normalized spacial score (nSPS) is 19.0. The minimum Gasteiger partial charge on any atom is -0.444 e. The van der Waals surface area contributed by atoms with Crippen LogP contribution in [0.4, 0.5) is 15.0 Å². The van der Waals surface area contributed by atoms with Gasteiger partial charge in [-0.05, 0) is 83.1 Å². The van der Waals surface area contributed by atoms with Crippen LogP contribution in [0, 0.1) is 27.3 Å². The van der Waals surface area contributed by atoms with Gasteiger partial charge in [0.2, 0.25) is 11.9 Å². The number of carbonyl (C=O) groups is 2. The number of carbonyl (C=O) groups excluding carboxylic acids is 2. The quantitative estimate of drug-likeness (QED) is 0.252. The number of rotatable bonds is 6. The first-order valence-electron chi connectivity index (χ1n) is 12.4. The number of hydrogen-bond acceptors (Lipinski definition) is 4. The van der Waals surface area contributed by atoms with Crippen molar-refractivity contribution in [3.8, 4) is 0 Å². The molecule has 0 aliphatic heterocycles. The minimum atomic E-state index is -0.774. The SMILES string of the molecule is CC(C)(C)OC(=O)N[C@H](C(=O)Nc1cc(Br)c(I)c(F)n1)C(C1CCCCC1)C1CCCCC1. The highest BCUT2D eigenvalue weighted by molar-refractivity contribution is 14.1. The molecule has 190 valence electrons. The molecular formula is C25H36BrFIN3O3. The maximum Gasteiger partial charge on any atom is 0.408 e. The Morgan fingerprint density at radius 1 is 1.09 bits per heavy atom. The maximum atomic E-state index is 14.2. The Labute approximate surface area is 224 Å². The van der Waals surface area contributed by atoms with Crippen molar-refractivity contribution in [2.24, 2.45) is 17.8 Å². The van der Waals surface area contributed by atoms with Gasteiger partial charge in [0, 0.05) is 4.47 Å². The summed E-state index contributed by atoms with van der Waals surface area (Å²) in [4.78, 5) is 30.4. The fraction of sp³-hybridized carbons (Fsp3) is 0.720. The molecule has 0 spiro atoms. The number of pyridine rings is 1. The topological polar surface area (TPSA) is 80.3 Å². The van der Waals surface area contributed by atoms with Crippen molar-refractivity contribution in [2.45, 2.75) is 96.6 Å². The summed E-state index contributed by atoms with van der Waals surface area (Å²) in [5, 5.41) is 5.71. The van der Waals surface area contributed by atoms with E-state index in [9.17, 15) is 14.0 Å². The van der Waals surface area contributed by atoms with Gasteiger partial charge in [0.1, 0.15) is 17.5 Å². The average Bonchev–Trinajstić information content (AvgIpc) is 2.77. The zero-order valence-corrected chi connectivity index (χ0v) is 24.0. The smallest absolute Gasteiger partial charge is 0.408 e. The molecular weight excluding hydrogens is 616 g/mol. The Kier molecular flexibility index (Phi) is 10.0. The number of alkyl carbamates (subject to hydrolysis) is 1. The molecule has 34 heavy (non-hydrogen) atoms. The summed E-state index contributed by atoms with van der Waals surface area (Å²) in [7, 11) is 0. The van der Waals surface area contributed by atoms with Gasteiger partial charge < -0.3 is 15.4 Å². The lowest BCUT2D eigenvalue weighted by Gasteiger charge is -2.42. The maximum absolute atomic E-state index is 14.2. The lowest BCUT2D eigenvalue weighted by atomic mass is 9.66. The second-order valence-corrected chi connectivity index (χ2v) is 12.5. The zero-order chi connectivity index (χ0) is 24.9. The van der Waals surface area contributed by atoms with Crippen molar-refractivity contribution in [1.29, 1.82) is 0 Å². The number of nitrogens with one attached hydrogen (secondary N) is 2. The Balaban J connectivity index is 1.92.